The average Bonchev–Trinajstić information content (AvgIpc) is 3.08. The number of benzene rings is 1. The van der Waals surface area contributed by atoms with Gasteiger partial charge in [0.05, 0.1) is 5.92 Å². The Morgan fingerprint density at radius 2 is 1.95 bits per heavy atom. The number of fused-ring (bicyclic) bond motifs is 2. The maximum Gasteiger partial charge on any atom is 0.310 e. The molecule has 0 aliphatic heterocycles. The van der Waals surface area contributed by atoms with Crippen LogP contribution in [0.25, 0.3) is 0 Å². The molecule has 4 heteroatoms. The Balaban J connectivity index is 1.46. The first-order valence-electron chi connectivity index (χ1n) is 6.92. The van der Waals surface area contributed by atoms with Crippen LogP contribution in [0.3, 0.4) is 0 Å². The molecular weight excluding hydrogens is 254 g/mol. The van der Waals surface area contributed by atoms with E-state index < -0.39 is 0 Å². The SMILES string of the molecule is O=C(COC(=O)[C@@H]1C[C@H]2C=C[C@H]1C2)Nc1ccccc1. The van der Waals surface area contributed by atoms with E-state index in [0.29, 0.717) is 17.5 Å². The predicted molar refractivity (Wildman–Crippen MR) is 74.9 cm³/mol. The topological polar surface area (TPSA) is 55.4 Å². The van der Waals surface area contributed by atoms with Crippen molar-refractivity contribution < 1.29 is 14.3 Å². The first-order valence-corrected chi connectivity index (χ1v) is 6.92. The number of allylic oxidation sites excluding steroid dienone is 2. The Kier molecular flexibility index (Phi) is 3.54. The molecule has 1 aromatic rings. The second kappa shape index (κ2) is 5.49. The van der Waals surface area contributed by atoms with Gasteiger partial charge in [-0.3, -0.25) is 9.59 Å². The predicted octanol–water partition coefficient (Wildman–Crippen LogP) is 2.38. The number of nitrogens with one attached hydrogen (secondary N) is 1. The second-order valence-electron chi connectivity index (χ2n) is 5.41. The molecule has 2 aliphatic carbocycles. The molecule has 1 aromatic carbocycles. The number of carbonyl (C=O) groups is 2. The third kappa shape index (κ3) is 2.74. The fourth-order valence-electron chi connectivity index (χ4n) is 3.01. The summed E-state index contributed by atoms with van der Waals surface area (Å²) in [6, 6.07) is 9.13. The normalized spacial score (nSPS) is 26.5. The number of amides is 1. The van der Waals surface area contributed by atoms with Crippen LogP contribution in [0.2, 0.25) is 0 Å². The monoisotopic (exact) mass is 271 g/mol. The fraction of sp³-hybridized carbons (Fsp3) is 0.375. The summed E-state index contributed by atoms with van der Waals surface area (Å²) in [6.45, 7) is -0.217. The van der Waals surface area contributed by atoms with E-state index in [1.165, 1.54) is 0 Å². The maximum atomic E-state index is 12.0. The van der Waals surface area contributed by atoms with Crippen LogP contribution in [0.4, 0.5) is 5.69 Å². The van der Waals surface area contributed by atoms with Crippen LogP contribution in [-0.2, 0) is 14.3 Å². The number of anilines is 1. The van der Waals surface area contributed by atoms with Crippen LogP contribution in [-0.4, -0.2) is 18.5 Å². The summed E-state index contributed by atoms with van der Waals surface area (Å²) in [5, 5.41) is 2.69. The van der Waals surface area contributed by atoms with Crippen LogP contribution in [0.1, 0.15) is 12.8 Å². The summed E-state index contributed by atoms with van der Waals surface area (Å²) in [5.41, 5.74) is 0.705. The lowest BCUT2D eigenvalue weighted by atomic mass is 9.94. The minimum Gasteiger partial charge on any atom is -0.455 e. The van der Waals surface area contributed by atoms with E-state index in [0.717, 1.165) is 12.8 Å². The molecular formula is C16H17NO3. The molecule has 1 saturated carbocycles. The Labute approximate surface area is 117 Å². The minimum absolute atomic E-state index is 0.0606. The molecule has 104 valence electrons. The van der Waals surface area contributed by atoms with E-state index in [4.69, 9.17) is 4.74 Å². The maximum absolute atomic E-state index is 12.0. The third-order valence-electron chi connectivity index (χ3n) is 3.98. The lowest BCUT2D eigenvalue weighted by molar-refractivity contribution is -0.152. The highest BCUT2D eigenvalue weighted by molar-refractivity contribution is 5.92. The number of ether oxygens (including phenoxy) is 1. The van der Waals surface area contributed by atoms with Crippen molar-refractivity contribution >= 4 is 17.6 Å². The summed E-state index contributed by atoms with van der Waals surface area (Å²) in [4.78, 5) is 23.6. The van der Waals surface area contributed by atoms with Crippen molar-refractivity contribution in [3.8, 4) is 0 Å². The van der Waals surface area contributed by atoms with E-state index >= 15 is 0 Å². The molecule has 1 N–H and O–H groups in total. The smallest absolute Gasteiger partial charge is 0.310 e. The van der Waals surface area contributed by atoms with Crippen LogP contribution in [0.5, 0.6) is 0 Å². The van der Waals surface area contributed by atoms with Crippen molar-refractivity contribution in [2.75, 3.05) is 11.9 Å². The molecule has 2 aliphatic rings. The van der Waals surface area contributed by atoms with E-state index in [-0.39, 0.29) is 24.4 Å². The Bertz CT molecular complexity index is 538. The number of rotatable bonds is 4. The van der Waals surface area contributed by atoms with Gasteiger partial charge in [0.15, 0.2) is 6.61 Å². The largest absolute Gasteiger partial charge is 0.455 e. The minimum atomic E-state index is -0.303. The zero-order chi connectivity index (χ0) is 13.9. The number of hydrogen-bond donors (Lipinski definition) is 1. The molecule has 0 aromatic heterocycles. The number of esters is 1. The highest BCUT2D eigenvalue weighted by atomic mass is 16.5. The molecule has 0 heterocycles. The summed E-state index contributed by atoms with van der Waals surface area (Å²) < 4.78 is 5.13. The molecule has 0 unspecified atom stereocenters. The van der Waals surface area contributed by atoms with Crippen molar-refractivity contribution in [3.63, 3.8) is 0 Å². The van der Waals surface area contributed by atoms with Gasteiger partial charge in [0.1, 0.15) is 0 Å². The molecule has 0 saturated heterocycles. The Morgan fingerprint density at radius 3 is 2.60 bits per heavy atom. The first-order chi connectivity index (χ1) is 9.72. The van der Waals surface area contributed by atoms with Gasteiger partial charge in [-0.1, -0.05) is 30.4 Å². The van der Waals surface area contributed by atoms with Gasteiger partial charge in [-0.05, 0) is 36.8 Å². The van der Waals surface area contributed by atoms with Gasteiger partial charge < -0.3 is 10.1 Å². The van der Waals surface area contributed by atoms with Crippen LogP contribution in [0, 0.1) is 17.8 Å². The van der Waals surface area contributed by atoms with E-state index in [9.17, 15) is 9.59 Å². The van der Waals surface area contributed by atoms with Crippen molar-refractivity contribution in [2.45, 2.75) is 12.8 Å². The van der Waals surface area contributed by atoms with Crippen molar-refractivity contribution in [3.05, 3.63) is 42.5 Å². The van der Waals surface area contributed by atoms with Crippen molar-refractivity contribution in [1.29, 1.82) is 0 Å². The molecule has 0 radical (unpaired) electrons. The standard InChI is InChI=1S/C16H17NO3/c18-15(17-13-4-2-1-3-5-13)10-20-16(19)14-9-11-6-7-12(14)8-11/h1-7,11-12,14H,8-10H2,(H,17,18)/t11-,12-,14+/m0/s1. The summed E-state index contributed by atoms with van der Waals surface area (Å²) in [7, 11) is 0. The van der Waals surface area contributed by atoms with Crippen molar-refractivity contribution in [1.82, 2.24) is 0 Å². The van der Waals surface area contributed by atoms with Gasteiger partial charge in [0.25, 0.3) is 5.91 Å². The van der Waals surface area contributed by atoms with Gasteiger partial charge in [0.2, 0.25) is 0 Å². The molecule has 1 fully saturated rings. The van der Waals surface area contributed by atoms with Gasteiger partial charge in [-0.25, -0.2) is 0 Å². The fourth-order valence-corrected chi connectivity index (χ4v) is 3.01. The lowest BCUT2D eigenvalue weighted by Crippen LogP contribution is -2.26. The number of para-hydroxylation sites is 1. The van der Waals surface area contributed by atoms with E-state index in [1.54, 1.807) is 12.1 Å². The second-order valence-corrected chi connectivity index (χ2v) is 5.41. The number of carbonyl (C=O) groups excluding carboxylic acids is 2. The Morgan fingerprint density at radius 1 is 1.15 bits per heavy atom. The van der Waals surface area contributed by atoms with Crippen LogP contribution >= 0.6 is 0 Å². The third-order valence-corrected chi connectivity index (χ3v) is 3.98. The summed E-state index contributed by atoms with van der Waals surface area (Å²) >= 11 is 0. The summed E-state index contributed by atoms with van der Waals surface area (Å²) in [5.74, 6) is 0.225. The van der Waals surface area contributed by atoms with Gasteiger partial charge in [0, 0.05) is 5.69 Å². The molecule has 2 bridgehead atoms. The van der Waals surface area contributed by atoms with Gasteiger partial charge in [-0.2, -0.15) is 0 Å². The van der Waals surface area contributed by atoms with Crippen molar-refractivity contribution in [2.24, 2.45) is 17.8 Å². The lowest BCUT2D eigenvalue weighted by Gasteiger charge is -2.16. The Hall–Kier alpha value is -2.10. The molecule has 1 amide bonds. The van der Waals surface area contributed by atoms with Crippen LogP contribution in [0.15, 0.2) is 42.5 Å². The zero-order valence-electron chi connectivity index (χ0n) is 11.1. The number of hydrogen-bond acceptors (Lipinski definition) is 3. The zero-order valence-corrected chi connectivity index (χ0v) is 11.1. The van der Waals surface area contributed by atoms with Crippen LogP contribution < -0.4 is 5.32 Å². The molecule has 20 heavy (non-hydrogen) atoms. The van der Waals surface area contributed by atoms with E-state index in [2.05, 4.69) is 17.5 Å². The van der Waals surface area contributed by atoms with E-state index in [1.807, 2.05) is 18.2 Å². The van der Waals surface area contributed by atoms with Gasteiger partial charge in [-0.15, -0.1) is 0 Å². The van der Waals surface area contributed by atoms with Gasteiger partial charge >= 0.3 is 5.97 Å². The average molecular weight is 271 g/mol. The quantitative estimate of drug-likeness (QED) is 0.675. The molecule has 4 nitrogen and oxygen atoms in total. The highest BCUT2D eigenvalue weighted by Gasteiger charge is 2.40. The summed E-state index contributed by atoms with van der Waals surface area (Å²) in [6.07, 6.45) is 6.19. The molecule has 3 atom stereocenters. The molecule has 3 rings (SSSR count). The first kappa shape index (κ1) is 12.9. The highest BCUT2D eigenvalue weighted by Crippen LogP contribution is 2.43. The molecule has 0 spiro atoms.